The molecule has 0 bridgehead atoms. The summed E-state index contributed by atoms with van der Waals surface area (Å²) in [6.07, 6.45) is -3.62. The first-order valence-corrected chi connectivity index (χ1v) is 10.1. The number of aliphatic hydroxyl groups is 4. The molecule has 5 atom stereocenters. The predicted molar refractivity (Wildman–Crippen MR) is 103 cm³/mol. The highest BCUT2D eigenvalue weighted by molar-refractivity contribution is 6.32. The van der Waals surface area contributed by atoms with Crippen molar-refractivity contribution in [2.24, 2.45) is 5.92 Å². The van der Waals surface area contributed by atoms with E-state index in [0.29, 0.717) is 42.0 Å². The molecule has 4 N–H and O–H groups in total. The van der Waals surface area contributed by atoms with Crippen LogP contribution in [-0.4, -0.2) is 70.6 Å². The Hall–Kier alpha value is -1.42. The molecule has 0 radical (unpaired) electrons. The van der Waals surface area contributed by atoms with E-state index in [1.807, 2.05) is 0 Å². The van der Waals surface area contributed by atoms with Gasteiger partial charge in [0.25, 0.3) is 0 Å². The zero-order chi connectivity index (χ0) is 21.1. The second kappa shape index (κ2) is 9.59. The van der Waals surface area contributed by atoms with E-state index in [1.54, 1.807) is 18.2 Å². The summed E-state index contributed by atoms with van der Waals surface area (Å²) in [7, 11) is 1.38. The van der Waals surface area contributed by atoms with Crippen LogP contribution in [0.25, 0.3) is 0 Å². The fourth-order valence-corrected chi connectivity index (χ4v) is 4.09. The van der Waals surface area contributed by atoms with Gasteiger partial charge in [-0.2, -0.15) is 0 Å². The number of aliphatic hydroxyl groups excluding tert-OH is 4. The number of hydrogen-bond acceptors (Lipinski definition) is 8. The number of carbonyl (C=O) groups excluding carboxylic acids is 1. The molecule has 1 saturated carbocycles. The highest BCUT2D eigenvalue weighted by Gasteiger charge is 2.44. The quantitative estimate of drug-likeness (QED) is 0.509. The van der Waals surface area contributed by atoms with Crippen molar-refractivity contribution in [3.05, 3.63) is 28.8 Å². The fraction of sp³-hybridized carbons (Fsp3) is 0.650. The molecule has 1 heterocycles. The lowest BCUT2D eigenvalue weighted by Crippen LogP contribution is -2.55. The standard InChI is InChI=1S/C20H27ClO8/c1-27-20(26)10-2-5-12(6-3-10)28-14-8-11(4-7-13(14)21)19-18(25)17(24)16(23)15(9-22)29-19/h4,7-8,10,12,15-19,22-25H,2-3,5-6,9H2,1H3/t10?,12?,15-,16-,17+,18-,19+/m1/s1. The summed E-state index contributed by atoms with van der Waals surface area (Å²) in [6.45, 7) is -0.498. The van der Waals surface area contributed by atoms with Crippen molar-refractivity contribution in [3.8, 4) is 5.75 Å². The zero-order valence-electron chi connectivity index (χ0n) is 16.1. The molecule has 0 aromatic heterocycles. The third-order valence-electron chi connectivity index (χ3n) is 5.68. The number of carbonyl (C=O) groups is 1. The van der Waals surface area contributed by atoms with E-state index >= 15 is 0 Å². The highest BCUT2D eigenvalue weighted by Crippen LogP contribution is 2.37. The molecular formula is C20H27ClO8. The van der Waals surface area contributed by atoms with Gasteiger partial charge < -0.3 is 34.6 Å². The Morgan fingerprint density at radius 3 is 2.45 bits per heavy atom. The number of halogens is 1. The monoisotopic (exact) mass is 430 g/mol. The maximum Gasteiger partial charge on any atom is 0.308 e. The van der Waals surface area contributed by atoms with Crippen LogP contribution < -0.4 is 4.74 Å². The Bertz CT molecular complexity index is 704. The summed E-state index contributed by atoms with van der Waals surface area (Å²) in [5.41, 5.74) is 0.504. The molecule has 1 aliphatic heterocycles. The summed E-state index contributed by atoms with van der Waals surface area (Å²) >= 11 is 6.27. The van der Waals surface area contributed by atoms with Crippen molar-refractivity contribution in [2.45, 2.75) is 62.3 Å². The molecule has 1 aromatic carbocycles. The van der Waals surface area contributed by atoms with E-state index in [1.165, 1.54) is 7.11 Å². The van der Waals surface area contributed by atoms with Crippen molar-refractivity contribution in [1.29, 1.82) is 0 Å². The van der Waals surface area contributed by atoms with Gasteiger partial charge in [0.1, 0.15) is 36.3 Å². The molecule has 3 rings (SSSR count). The minimum absolute atomic E-state index is 0.113. The molecule has 1 aromatic rings. The van der Waals surface area contributed by atoms with Gasteiger partial charge >= 0.3 is 5.97 Å². The van der Waals surface area contributed by atoms with Gasteiger partial charge in [-0.3, -0.25) is 4.79 Å². The van der Waals surface area contributed by atoms with Gasteiger partial charge in [-0.1, -0.05) is 17.7 Å². The molecule has 2 fully saturated rings. The number of esters is 1. The largest absolute Gasteiger partial charge is 0.489 e. The topological polar surface area (TPSA) is 126 Å². The first-order valence-electron chi connectivity index (χ1n) is 9.70. The van der Waals surface area contributed by atoms with Crippen LogP contribution in [0.4, 0.5) is 0 Å². The SMILES string of the molecule is COC(=O)C1CCC(Oc2cc([C@@H]3O[C@H](CO)[C@@H](O)[C@H](O)[C@H]3O)ccc2Cl)CC1. The molecule has 162 valence electrons. The molecule has 29 heavy (non-hydrogen) atoms. The van der Waals surface area contributed by atoms with Gasteiger partial charge in [0, 0.05) is 0 Å². The lowest BCUT2D eigenvalue weighted by molar-refractivity contribution is -0.231. The Morgan fingerprint density at radius 2 is 1.83 bits per heavy atom. The van der Waals surface area contributed by atoms with Gasteiger partial charge in [0.2, 0.25) is 0 Å². The van der Waals surface area contributed by atoms with Crippen LogP contribution in [0.3, 0.4) is 0 Å². The number of rotatable bonds is 5. The van der Waals surface area contributed by atoms with E-state index in [2.05, 4.69) is 0 Å². The summed E-state index contributed by atoms with van der Waals surface area (Å²) in [4.78, 5) is 11.7. The van der Waals surface area contributed by atoms with Crippen LogP contribution in [0.2, 0.25) is 5.02 Å². The van der Waals surface area contributed by atoms with Gasteiger partial charge in [-0.25, -0.2) is 0 Å². The van der Waals surface area contributed by atoms with Crippen LogP contribution in [0.5, 0.6) is 5.75 Å². The van der Waals surface area contributed by atoms with Crippen LogP contribution in [0, 0.1) is 5.92 Å². The summed E-state index contributed by atoms with van der Waals surface area (Å²) in [5, 5.41) is 40.0. The molecule has 1 saturated heterocycles. The molecule has 8 nitrogen and oxygen atoms in total. The maximum atomic E-state index is 11.7. The normalized spacial score (nSPS) is 35.2. The number of benzene rings is 1. The second-order valence-electron chi connectivity index (χ2n) is 7.55. The average Bonchev–Trinajstić information content (AvgIpc) is 2.74. The van der Waals surface area contributed by atoms with Crippen molar-refractivity contribution in [1.82, 2.24) is 0 Å². The molecular weight excluding hydrogens is 404 g/mol. The van der Waals surface area contributed by atoms with Crippen LogP contribution in [-0.2, 0) is 14.3 Å². The van der Waals surface area contributed by atoms with Gasteiger partial charge in [-0.05, 0) is 43.4 Å². The van der Waals surface area contributed by atoms with Gasteiger partial charge in [0.15, 0.2) is 0 Å². The van der Waals surface area contributed by atoms with E-state index in [0.717, 1.165) is 0 Å². The molecule has 0 spiro atoms. The van der Waals surface area contributed by atoms with Crippen LogP contribution >= 0.6 is 11.6 Å². The number of ether oxygens (including phenoxy) is 3. The molecule has 0 amide bonds. The highest BCUT2D eigenvalue weighted by atomic mass is 35.5. The molecule has 9 heteroatoms. The van der Waals surface area contributed by atoms with Crippen molar-refractivity contribution >= 4 is 17.6 Å². The van der Waals surface area contributed by atoms with Crippen molar-refractivity contribution in [2.75, 3.05) is 13.7 Å². The van der Waals surface area contributed by atoms with Crippen molar-refractivity contribution in [3.63, 3.8) is 0 Å². The third kappa shape index (κ3) is 4.84. The average molecular weight is 431 g/mol. The molecule has 2 aliphatic rings. The minimum atomic E-state index is -1.46. The summed E-state index contributed by atoms with van der Waals surface area (Å²) in [5.74, 6) is 0.0875. The Kier molecular flexibility index (Phi) is 7.37. The number of methoxy groups -OCH3 is 1. The molecule has 0 unspecified atom stereocenters. The van der Waals surface area contributed by atoms with Gasteiger partial charge in [-0.15, -0.1) is 0 Å². The second-order valence-corrected chi connectivity index (χ2v) is 7.96. The number of hydrogen-bond donors (Lipinski definition) is 4. The maximum absolute atomic E-state index is 11.7. The minimum Gasteiger partial charge on any atom is -0.489 e. The Labute approximate surface area is 174 Å². The molecule has 1 aliphatic carbocycles. The Balaban J connectivity index is 1.71. The van der Waals surface area contributed by atoms with Crippen LogP contribution in [0.15, 0.2) is 18.2 Å². The van der Waals surface area contributed by atoms with E-state index in [9.17, 15) is 25.2 Å². The predicted octanol–water partition coefficient (Wildman–Crippen LogP) is 0.966. The van der Waals surface area contributed by atoms with E-state index in [4.69, 9.17) is 25.8 Å². The van der Waals surface area contributed by atoms with Gasteiger partial charge in [0.05, 0.1) is 30.8 Å². The van der Waals surface area contributed by atoms with E-state index < -0.39 is 37.1 Å². The third-order valence-corrected chi connectivity index (χ3v) is 5.99. The summed E-state index contributed by atoms with van der Waals surface area (Å²) in [6, 6.07) is 4.87. The van der Waals surface area contributed by atoms with Crippen LogP contribution in [0.1, 0.15) is 37.4 Å². The zero-order valence-corrected chi connectivity index (χ0v) is 16.9. The lowest BCUT2D eigenvalue weighted by Gasteiger charge is -2.40. The summed E-state index contributed by atoms with van der Waals surface area (Å²) < 4.78 is 16.4. The van der Waals surface area contributed by atoms with E-state index in [-0.39, 0.29) is 18.0 Å². The van der Waals surface area contributed by atoms with Crippen molar-refractivity contribution < 1.29 is 39.4 Å². The lowest BCUT2D eigenvalue weighted by atomic mass is 9.87. The smallest absolute Gasteiger partial charge is 0.308 e. The first-order chi connectivity index (χ1) is 13.8. The first kappa shape index (κ1) is 22.3. The fourth-order valence-electron chi connectivity index (χ4n) is 3.93. The Morgan fingerprint density at radius 1 is 1.14 bits per heavy atom.